The van der Waals surface area contributed by atoms with Crippen molar-refractivity contribution in [3.8, 4) is 0 Å². The van der Waals surface area contributed by atoms with Gasteiger partial charge in [0, 0.05) is 0 Å². The van der Waals surface area contributed by atoms with E-state index in [0.717, 1.165) is 22.2 Å². The molecule has 3 N–H and O–H groups in total. The van der Waals surface area contributed by atoms with E-state index in [4.69, 9.17) is 18.0 Å². The lowest BCUT2D eigenvalue weighted by Crippen LogP contribution is -2.46. The number of rotatable bonds is 5. The number of hydrogen-bond acceptors (Lipinski definition) is 5. The van der Waals surface area contributed by atoms with Crippen molar-refractivity contribution in [2.45, 2.75) is 12.5 Å². The summed E-state index contributed by atoms with van der Waals surface area (Å²) < 4.78 is 0.0980. The predicted molar refractivity (Wildman–Crippen MR) is 86.7 cm³/mol. The molecule has 1 aromatic rings. The SMILES string of the molecule is NC(=O)C[C@H](C(=O)O)N1C(=O)/C(=C\c2ccccc2)SC1=S. The highest BCUT2D eigenvalue weighted by Gasteiger charge is 2.41. The fourth-order valence-electron chi connectivity index (χ4n) is 1.93. The Labute approximate surface area is 136 Å². The topological polar surface area (TPSA) is 101 Å². The smallest absolute Gasteiger partial charge is 0.327 e. The Kier molecular flexibility index (Phi) is 4.94. The van der Waals surface area contributed by atoms with Crippen LogP contribution < -0.4 is 5.73 Å². The molecule has 2 rings (SSSR count). The van der Waals surface area contributed by atoms with E-state index in [1.165, 1.54) is 0 Å². The van der Waals surface area contributed by atoms with Crippen LogP contribution in [0.5, 0.6) is 0 Å². The minimum absolute atomic E-state index is 0.0980. The van der Waals surface area contributed by atoms with Crippen molar-refractivity contribution in [1.82, 2.24) is 4.90 Å². The standard InChI is InChI=1S/C14H12N2O4S2/c15-11(17)7-9(13(19)20)16-12(18)10(22-14(16)21)6-8-4-2-1-3-5-8/h1-6,9H,7H2,(H2,15,17)(H,19,20)/b10-6+/t9-/m1/s1. The van der Waals surface area contributed by atoms with E-state index in [9.17, 15) is 19.5 Å². The third kappa shape index (κ3) is 3.52. The molecule has 6 nitrogen and oxygen atoms in total. The molecule has 0 radical (unpaired) electrons. The zero-order valence-corrected chi connectivity index (χ0v) is 12.9. The Balaban J connectivity index is 2.30. The van der Waals surface area contributed by atoms with Crippen molar-refractivity contribution in [2.75, 3.05) is 0 Å². The lowest BCUT2D eigenvalue weighted by atomic mass is 10.1. The Bertz CT molecular complexity index is 673. The zero-order valence-electron chi connectivity index (χ0n) is 11.3. The van der Waals surface area contributed by atoms with Gasteiger partial charge in [-0.2, -0.15) is 0 Å². The summed E-state index contributed by atoms with van der Waals surface area (Å²) in [6, 6.07) is 7.72. The van der Waals surface area contributed by atoms with Gasteiger partial charge in [-0.05, 0) is 11.6 Å². The van der Waals surface area contributed by atoms with Crippen LogP contribution in [0.1, 0.15) is 12.0 Å². The molecule has 1 aliphatic rings. The Hall–Kier alpha value is -2.19. The second kappa shape index (κ2) is 6.71. The van der Waals surface area contributed by atoms with Gasteiger partial charge in [0.15, 0.2) is 0 Å². The maximum Gasteiger partial charge on any atom is 0.327 e. The number of carboxylic acids is 1. The van der Waals surface area contributed by atoms with Gasteiger partial charge in [0.2, 0.25) is 5.91 Å². The number of carbonyl (C=O) groups excluding carboxylic acids is 2. The molecule has 8 heteroatoms. The van der Waals surface area contributed by atoms with E-state index >= 15 is 0 Å². The number of thiocarbonyl (C=S) groups is 1. The lowest BCUT2D eigenvalue weighted by Gasteiger charge is -2.21. The average Bonchev–Trinajstić information content (AvgIpc) is 2.72. The highest BCUT2D eigenvalue weighted by Crippen LogP contribution is 2.34. The van der Waals surface area contributed by atoms with Gasteiger partial charge in [0.05, 0.1) is 11.3 Å². The van der Waals surface area contributed by atoms with Crippen molar-refractivity contribution in [1.29, 1.82) is 0 Å². The van der Waals surface area contributed by atoms with Crippen LogP contribution in [-0.2, 0) is 14.4 Å². The number of thioether (sulfide) groups is 1. The van der Waals surface area contributed by atoms with Crippen LogP contribution in [0.15, 0.2) is 35.2 Å². The van der Waals surface area contributed by atoms with Gasteiger partial charge in [-0.1, -0.05) is 54.3 Å². The number of carboxylic acid groups (broad SMARTS) is 1. The Morgan fingerprint density at radius 2 is 2.00 bits per heavy atom. The molecule has 1 aromatic carbocycles. The number of hydrogen-bond donors (Lipinski definition) is 2. The number of aliphatic carboxylic acids is 1. The van der Waals surface area contributed by atoms with Gasteiger partial charge < -0.3 is 10.8 Å². The molecule has 0 unspecified atom stereocenters. The molecule has 0 saturated carbocycles. The quantitative estimate of drug-likeness (QED) is 0.619. The molecular weight excluding hydrogens is 324 g/mol. The van der Waals surface area contributed by atoms with E-state index in [1.807, 2.05) is 30.3 Å². The molecule has 1 heterocycles. The van der Waals surface area contributed by atoms with Gasteiger partial charge in [0.1, 0.15) is 10.4 Å². The number of primary amides is 1. The first-order chi connectivity index (χ1) is 10.4. The van der Waals surface area contributed by atoms with Crippen LogP contribution in [-0.4, -0.2) is 38.2 Å². The third-order valence-corrected chi connectivity index (χ3v) is 4.24. The predicted octanol–water partition coefficient (Wildman–Crippen LogP) is 1.22. The minimum Gasteiger partial charge on any atom is -0.480 e. The Morgan fingerprint density at radius 3 is 2.55 bits per heavy atom. The summed E-state index contributed by atoms with van der Waals surface area (Å²) in [5.41, 5.74) is 5.84. The Morgan fingerprint density at radius 1 is 1.36 bits per heavy atom. The van der Waals surface area contributed by atoms with Gasteiger partial charge in [-0.15, -0.1) is 0 Å². The van der Waals surface area contributed by atoms with Crippen LogP contribution in [0, 0.1) is 0 Å². The monoisotopic (exact) mass is 336 g/mol. The summed E-state index contributed by atoms with van der Waals surface area (Å²) in [5.74, 6) is -2.67. The van der Waals surface area contributed by atoms with E-state index in [2.05, 4.69) is 0 Å². The first-order valence-corrected chi connectivity index (χ1v) is 7.46. The molecule has 0 spiro atoms. The highest BCUT2D eigenvalue weighted by atomic mass is 32.2. The molecule has 1 atom stereocenters. The first kappa shape index (κ1) is 16.2. The van der Waals surface area contributed by atoms with Crippen molar-refractivity contribution in [3.63, 3.8) is 0 Å². The first-order valence-electron chi connectivity index (χ1n) is 6.23. The molecule has 2 amide bonds. The summed E-state index contributed by atoms with van der Waals surface area (Å²) in [4.78, 5) is 35.9. The number of nitrogens with zero attached hydrogens (tertiary/aromatic N) is 1. The largest absolute Gasteiger partial charge is 0.480 e. The highest BCUT2D eigenvalue weighted by molar-refractivity contribution is 8.26. The summed E-state index contributed by atoms with van der Waals surface area (Å²) in [7, 11) is 0. The summed E-state index contributed by atoms with van der Waals surface area (Å²) in [6.07, 6.45) is 1.14. The van der Waals surface area contributed by atoms with Crippen LogP contribution in [0.25, 0.3) is 6.08 Å². The van der Waals surface area contributed by atoms with Gasteiger partial charge in [-0.3, -0.25) is 14.5 Å². The molecule has 0 bridgehead atoms. The van der Waals surface area contributed by atoms with Gasteiger partial charge >= 0.3 is 5.97 Å². The van der Waals surface area contributed by atoms with Crippen molar-refractivity contribution in [2.24, 2.45) is 5.73 Å². The van der Waals surface area contributed by atoms with Crippen LogP contribution in [0.3, 0.4) is 0 Å². The van der Waals surface area contributed by atoms with Crippen LogP contribution >= 0.6 is 24.0 Å². The zero-order chi connectivity index (χ0) is 16.3. The van der Waals surface area contributed by atoms with Gasteiger partial charge in [-0.25, -0.2) is 4.79 Å². The summed E-state index contributed by atoms with van der Waals surface area (Å²) >= 11 is 6.07. The van der Waals surface area contributed by atoms with Crippen molar-refractivity contribution >= 4 is 52.2 Å². The molecule has 1 saturated heterocycles. The molecule has 0 aliphatic carbocycles. The molecular formula is C14H12N2O4S2. The second-order valence-corrected chi connectivity index (χ2v) is 6.16. The number of benzene rings is 1. The maximum atomic E-state index is 12.4. The maximum absolute atomic E-state index is 12.4. The van der Waals surface area contributed by atoms with E-state index in [1.54, 1.807) is 6.08 Å². The number of nitrogens with two attached hydrogens (primary N) is 1. The number of carbonyl (C=O) groups is 3. The third-order valence-electron chi connectivity index (χ3n) is 2.91. The lowest BCUT2D eigenvalue weighted by molar-refractivity contribution is -0.146. The fourth-order valence-corrected chi connectivity index (χ4v) is 3.29. The summed E-state index contributed by atoms with van der Waals surface area (Å²) in [5, 5.41) is 9.20. The molecule has 0 aromatic heterocycles. The van der Waals surface area contributed by atoms with E-state index < -0.39 is 30.2 Å². The number of amides is 2. The average molecular weight is 336 g/mol. The van der Waals surface area contributed by atoms with Crippen LogP contribution in [0.4, 0.5) is 0 Å². The summed E-state index contributed by atoms with van der Waals surface area (Å²) in [6.45, 7) is 0. The van der Waals surface area contributed by atoms with Crippen molar-refractivity contribution < 1.29 is 19.5 Å². The van der Waals surface area contributed by atoms with E-state index in [0.29, 0.717) is 4.91 Å². The molecule has 22 heavy (non-hydrogen) atoms. The van der Waals surface area contributed by atoms with Crippen LogP contribution in [0.2, 0.25) is 0 Å². The van der Waals surface area contributed by atoms with E-state index in [-0.39, 0.29) is 4.32 Å². The van der Waals surface area contributed by atoms with Gasteiger partial charge in [0.25, 0.3) is 5.91 Å². The normalized spacial score (nSPS) is 17.8. The molecule has 1 fully saturated rings. The van der Waals surface area contributed by atoms with Crippen molar-refractivity contribution in [3.05, 3.63) is 40.8 Å². The minimum atomic E-state index is -1.38. The second-order valence-electron chi connectivity index (χ2n) is 4.49. The molecule has 114 valence electrons. The molecule has 1 aliphatic heterocycles. The fraction of sp³-hybridized carbons (Fsp3) is 0.143.